The minimum absolute atomic E-state index is 0.115. The average Bonchev–Trinajstić information content (AvgIpc) is 4.09. The first kappa shape index (κ1) is 39.5. The first-order valence-corrected chi connectivity index (χ1v) is 20.3. The Balaban J connectivity index is 0.993. The lowest BCUT2D eigenvalue weighted by molar-refractivity contribution is -0.136. The number of H-pyrrole nitrogens is 2. The highest BCUT2D eigenvalue weighted by molar-refractivity contribution is 5.92. The number of ether oxygens (including phenoxy) is 3. The minimum atomic E-state index is -0.703. The highest BCUT2D eigenvalue weighted by atomic mass is 16.5. The fourth-order valence-corrected chi connectivity index (χ4v) is 8.65. The number of imidazole rings is 2. The van der Waals surface area contributed by atoms with E-state index in [4.69, 9.17) is 24.2 Å². The number of aromatic amines is 2. The Kier molecular flexibility index (Phi) is 10.8. The monoisotopic (exact) mass is 805 g/mol. The number of nitrogens with one attached hydrogen (secondary N) is 4. The third-order valence-corrected chi connectivity index (χ3v) is 11.8. The molecule has 3 aliphatic rings. The van der Waals surface area contributed by atoms with Crippen molar-refractivity contribution in [2.24, 2.45) is 11.8 Å². The van der Waals surface area contributed by atoms with E-state index in [1.165, 1.54) is 14.2 Å². The van der Waals surface area contributed by atoms with Gasteiger partial charge in [0.2, 0.25) is 11.8 Å². The average molecular weight is 806 g/mol. The van der Waals surface area contributed by atoms with Gasteiger partial charge in [-0.1, -0.05) is 39.8 Å². The SMILES string of the molecule is COC(=O)N[C@H](C(=O)N1CCC[C@H]1c1ncc(-c2ccc3c(c2)OCn2c-3cc3cc(-c4cnc([C@@H]5CCCN5C(=O)[C@@H](NC(=O)OC)C(C)C)[nH]4)ccc32)[nH]1)C(C)C. The number of hydrogen-bond acceptors (Lipinski definition) is 9. The van der Waals surface area contributed by atoms with Crippen molar-refractivity contribution in [3.8, 4) is 39.5 Å². The van der Waals surface area contributed by atoms with E-state index in [0.717, 1.165) is 76.1 Å². The first-order chi connectivity index (χ1) is 28.4. The molecule has 0 unspecified atom stereocenters. The predicted molar refractivity (Wildman–Crippen MR) is 219 cm³/mol. The molecule has 6 heterocycles. The summed E-state index contributed by atoms with van der Waals surface area (Å²) in [6.45, 7) is 9.11. The van der Waals surface area contributed by atoms with Crippen LogP contribution in [0.25, 0.3) is 44.7 Å². The Morgan fingerprint density at radius 3 is 1.80 bits per heavy atom. The maximum Gasteiger partial charge on any atom is 0.407 e. The largest absolute Gasteiger partial charge is 0.472 e. The number of methoxy groups -OCH3 is 2. The van der Waals surface area contributed by atoms with Crippen LogP contribution in [0.15, 0.2) is 54.9 Å². The van der Waals surface area contributed by atoms with Gasteiger partial charge in [0.25, 0.3) is 0 Å². The number of benzene rings is 2. The molecule has 4 N–H and O–H groups in total. The number of amides is 4. The molecule has 0 aliphatic carbocycles. The van der Waals surface area contributed by atoms with Crippen LogP contribution in [-0.2, 0) is 25.8 Å². The molecule has 2 fully saturated rings. The summed E-state index contributed by atoms with van der Waals surface area (Å²) in [4.78, 5) is 71.3. The van der Waals surface area contributed by atoms with E-state index in [2.05, 4.69) is 55.5 Å². The van der Waals surface area contributed by atoms with Crippen molar-refractivity contribution >= 4 is 34.9 Å². The molecule has 8 rings (SSSR count). The molecule has 0 radical (unpaired) electrons. The molecule has 0 bridgehead atoms. The second kappa shape index (κ2) is 16.1. The maximum atomic E-state index is 13.6. The summed E-state index contributed by atoms with van der Waals surface area (Å²) in [6.07, 6.45) is 5.55. The van der Waals surface area contributed by atoms with Crippen LogP contribution in [0.5, 0.6) is 5.75 Å². The van der Waals surface area contributed by atoms with Crippen LogP contribution in [-0.4, -0.2) is 97.7 Å². The molecule has 2 aromatic carbocycles. The van der Waals surface area contributed by atoms with Crippen molar-refractivity contribution in [3.05, 3.63) is 66.5 Å². The summed E-state index contributed by atoms with van der Waals surface area (Å²) in [5, 5.41) is 6.46. The van der Waals surface area contributed by atoms with Crippen molar-refractivity contribution in [1.82, 2.24) is 44.9 Å². The number of alkyl carbamates (subject to hydrolysis) is 2. The van der Waals surface area contributed by atoms with Crippen molar-refractivity contribution in [2.45, 2.75) is 84.3 Å². The van der Waals surface area contributed by atoms with E-state index in [1.807, 2.05) is 50.9 Å². The number of likely N-dealkylation sites (tertiary alicyclic amines) is 2. The van der Waals surface area contributed by atoms with Gasteiger partial charge in [0.1, 0.15) is 29.5 Å². The van der Waals surface area contributed by atoms with Crippen LogP contribution in [0.4, 0.5) is 9.59 Å². The van der Waals surface area contributed by atoms with Crippen molar-refractivity contribution in [3.63, 3.8) is 0 Å². The number of nitrogens with zero attached hydrogens (tertiary/aromatic N) is 5. The molecular weight excluding hydrogens is 755 g/mol. The highest BCUT2D eigenvalue weighted by Gasteiger charge is 2.39. The normalized spacial score (nSPS) is 18.4. The lowest BCUT2D eigenvalue weighted by Gasteiger charge is -2.30. The molecule has 0 spiro atoms. The van der Waals surface area contributed by atoms with Gasteiger partial charge in [0.15, 0.2) is 6.73 Å². The van der Waals surface area contributed by atoms with Gasteiger partial charge in [-0.3, -0.25) is 9.59 Å². The molecular formula is C43H51N9O7. The molecule has 5 aromatic rings. The lowest BCUT2D eigenvalue weighted by atomic mass is 10.0. The molecule has 4 atom stereocenters. The highest BCUT2D eigenvalue weighted by Crippen LogP contribution is 2.42. The van der Waals surface area contributed by atoms with E-state index < -0.39 is 24.3 Å². The van der Waals surface area contributed by atoms with Crippen molar-refractivity contribution in [1.29, 1.82) is 0 Å². The number of aromatic nitrogens is 5. The Bertz CT molecular complexity index is 2400. The molecule has 310 valence electrons. The third-order valence-electron chi connectivity index (χ3n) is 11.8. The van der Waals surface area contributed by atoms with Crippen LogP contribution in [0.2, 0.25) is 0 Å². The van der Waals surface area contributed by atoms with E-state index in [-0.39, 0.29) is 35.7 Å². The smallest absolute Gasteiger partial charge is 0.407 e. The van der Waals surface area contributed by atoms with Crippen molar-refractivity contribution in [2.75, 3.05) is 27.3 Å². The van der Waals surface area contributed by atoms with E-state index >= 15 is 0 Å². The first-order valence-electron chi connectivity index (χ1n) is 20.3. The van der Waals surface area contributed by atoms with Gasteiger partial charge in [-0.2, -0.15) is 0 Å². The zero-order valence-corrected chi connectivity index (χ0v) is 34.2. The van der Waals surface area contributed by atoms with Gasteiger partial charge in [-0.25, -0.2) is 19.6 Å². The molecule has 3 aliphatic heterocycles. The molecule has 16 nitrogen and oxygen atoms in total. The summed E-state index contributed by atoms with van der Waals surface area (Å²) in [5.41, 5.74) is 6.60. The van der Waals surface area contributed by atoms with Gasteiger partial charge in [-0.15, -0.1) is 0 Å². The molecule has 59 heavy (non-hydrogen) atoms. The summed E-state index contributed by atoms with van der Waals surface area (Å²) < 4.78 is 18.0. The van der Waals surface area contributed by atoms with Crippen LogP contribution in [0.1, 0.15) is 77.1 Å². The number of fused-ring (bicyclic) bond motifs is 5. The molecule has 4 amide bonds. The Labute approximate surface area is 342 Å². The predicted octanol–water partition coefficient (Wildman–Crippen LogP) is 6.53. The van der Waals surface area contributed by atoms with Gasteiger partial charge in [0.05, 0.1) is 61.3 Å². The van der Waals surface area contributed by atoms with Crippen LogP contribution >= 0.6 is 0 Å². The summed E-state index contributed by atoms with van der Waals surface area (Å²) in [7, 11) is 2.58. The van der Waals surface area contributed by atoms with Gasteiger partial charge < -0.3 is 49.2 Å². The summed E-state index contributed by atoms with van der Waals surface area (Å²) in [5.74, 6) is 1.64. The van der Waals surface area contributed by atoms with Crippen molar-refractivity contribution < 1.29 is 33.4 Å². The van der Waals surface area contributed by atoms with Crippen LogP contribution in [0, 0.1) is 11.8 Å². The molecule has 16 heteroatoms. The van der Waals surface area contributed by atoms with E-state index in [0.29, 0.717) is 31.5 Å². The zero-order valence-electron chi connectivity index (χ0n) is 34.2. The topological polar surface area (TPSA) is 189 Å². The molecule has 0 saturated carbocycles. The van der Waals surface area contributed by atoms with Gasteiger partial charge in [0, 0.05) is 35.2 Å². The second-order valence-electron chi connectivity index (χ2n) is 16.2. The molecule has 3 aromatic heterocycles. The lowest BCUT2D eigenvalue weighted by Crippen LogP contribution is -2.51. The number of carbonyl (C=O) groups is 4. The zero-order chi connectivity index (χ0) is 41.5. The minimum Gasteiger partial charge on any atom is -0.472 e. The van der Waals surface area contributed by atoms with Crippen LogP contribution in [0.3, 0.4) is 0 Å². The summed E-state index contributed by atoms with van der Waals surface area (Å²) >= 11 is 0. The Morgan fingerprint density at radius 2 is 1.27 bits per heavy atom. The fraction of sp³-hybridized carbons (Fsp3) is 0.442. The maximum absolute atomic E-state index is 13.6. The van der Waals surface area contributed by atoms with E-state index in [1.54, 1.807) is 11.1 Å². The number of hydrogen-bond donors (Lipinski definition) is 4. The summed E-state index contributed by atoms with van der Waals surface area (Å²) in [6, 6.07) is 12.7. The Hall–Kier alpha value is -6.32. The van der Waals surface area contributed by atoms with Gasteiger partial charge in [-0.05, 0) is 67.9 Å². The van der Waals surface area contributed by atoms with E-state index in [9.17, 15) is 19.2 Å². The quantitative estimate of drug-likeness (QED) is 0.122. The third kappa shape index (κ3) is 7.47. The standard InChI is InChI=1S/C43H51N9O7/c1-23(2)36(48-42(55)57-5)40(53)50-15-7-9-32(50)38-44-20-29(46-38)25-12-14-31-27(17-25)18-34-28-13-11-26(19-35(28)59-22-52(31)34)30-21-45-39(47-30)33-10-8-16-51(33)41(54)37(24(3)4)49-43(56)58-6/h11-14,17-21,23-24,32-33,36-37H,7-10,15-16,22H2,1-6H3,(H,44,46)(H,45,47)(H,48,55)(H,49,56)/t32-,33-,36-,37-/m0/s1. The van der Waals surface area contributed by atoms with Gasteiger partial charge >= 0.3 is 12.2 Å². The molecule has 2 saturated heterocycles. The second-order valence-corrected chi connectivity index (χ2v) is 16.2. The fourth-order valence-electron chi connectivity index (χ4n) is 8.65. The number of rotatable bonds is 10. The number of carbonyl (C=O) groups excluding carboxylic acids is 4. The Morgan fingerprint density at radius 1 is 0.746 bits per heavy atom. The van der Waals surface area contributed by atoms with Crippen LogP contribution < -0.4 is 15.4 Å².